The first-order valence-corrected chi connectivity index (χ1v) is 5.41. The van der Waals surface area contributed by atoms with Crippen molar-refractivity contribution in [1.29, 1.82) is 0 Å². The van der Waals surface area contributed by atoms with Crippen LogP contribution in [0, 0.1) is 0 Å². The molecule has 2 unspecified atom stereocenters. The molecule has 1 aromatic rings. The number of aromatic nitrogens is 2. The lowest BCUT2D eigenvalue weighted by molar-refractivity contribution is 0.158. The molecular weight excluding hydrogens is 235 g/mol. The van der Waals surface area contributed by atoms with Gasteiger partial charge in [0.15, 0.2) is 0 Å². The molecular formula is C9H12BrFN2. The standard InChI is InChI=1S/C9H12BrFN2/c10-9-5-6-12-13(9)8-4-2-1-3-7(8)11/h5-8H,1-4H2. The summed E-state index contributed by atoms with van der Waals surface area (Å²) in [5, 5.41) is 4.12. The van der Waals surface area contributed by atoms with Crippen molar-refractivity contribution in [3.63, 3.8) is 0 Å². The minimum atomic E-state index is -0.732. The molecule has 2 nitrogen and oxygen atoms in total. The molecule has 0 amide bonds. The normalized spacial score (nSPS) is 29.1. The van der Waals surface area contributed by atoms with Crippen molar-refractivity contribution in [2.75, 3.05) is 0 Å². The summed E-state index contributed by atoms with van der Waals surface area (Å²) in [6.07, 6.45) is 4.67. The van der Waals surface area contributed by atoms with E-state index in [1.54, 1.807) is 10.9 Å². The largest absolute Gasteiger partial charge is 0.252 e. The van der Waals surface area contributed by atoms with Crippen molar-refractivity contribution in [3.8, 4) is 0 Å². The number of hydrogen-bond donors (Lipinski definition) is 0. The fraction of sp³-hybridized carbons (Fsp3) is 0.667. The van der Waals surface area contributed by atoms with Crippen molar-refractivity contribution in [2.45, 2.75) is 37.9 Å². The van der Waals surface area contributed by atoms with E-state index in [0.717, 1.165) is 23.9 Å². The van der Waals surface area contributed by atoms with E-state index in [4.69, 9.17) is 0 Å². The Kier molecular flexibility index (Phi) is 2.67. The van der Waals surface area contributed by atoms with Crippen LogP contribution in [-0.2, 0) is 0 Å². The molecule has 1 aliphatic rings. The Morgan fingerprint density at radius 2 is 2.23 bits per heavy atom. The molecule has 4 heteroatoms. The van der Waals surface area contributed by atoms with Gasteiger partial charge in [-0.1, -0.05) is 12.8 Å². The third kappa shape index (κ3) is 1.77. The smallest absolute Gasteiger partial charge is 0.122 e. The first kappa shape index (κ1) is 9.19. The van der Waals surface area contributed by atoms with Crippen LogP contribution >= 0.6 is 15.9 Å². The minimum absolute atomic E-state index is 0.0573. The van der Waals surface area contributed by atoms with E-state index in [0.29, 0.717) is 6.42 Å². The Hall–Kier alpha value is -0.380. The molecule has 0 radical (unpaired) electrons. The lowest BCUT2D eigenvalue weighted by Gasteiger charge is -2.26. The predicted octanol–water partition coefficient (Wildman–Crippen LogP) is 3.10. The fourth-order valence-corrected chi connectivity index (χ4v) is 2.36. The molecule has 0 aromatic carbocycles. The third-order valence-corrected chi connectivity index (χ3v) is 3.21. The molecule has 0 saturated heterocycles. The lowest BCUT2D eigenvalue weighted by atomic mass is 9.94. The first-order valence-electron chi connectivity index (χ1n) is 4.62. The SMILES string of the molecule is FC1CCCCC1n1nccc1Br. The predicted molar refractivity (Wildman–Crippen MR) is 52.3 cm³/mol. The number of alkyl halides is 1. The summed E-state index contributed by atoms with van der Waals surface area (Å²) in [6, 6.07) is 1.79. The average molecular weight is 247 g/mol. The molecule has 1 heterocycles. The second-order valence-corrected chi connectivity index (χ2v) is 4.28. The van der Waals surface area contributed by atoms with Crippen molar-refractivity contribution < 1.29 is 4.39 Å². The summed E-state index contributed by atoms with van der Waals surface area (Å²) in [5.41, 5.74) is 0. The molecule has 72 valence electrons. The monoisotopic (exact) mass is 246 g/mol. The maximum Gasteiger partial charge on any atom is 0.122 e. The second-order valence-electron chi connectivity index (χ2n) is 3.47. The van der Waals surface area contributed by atoms with Crippen LogP contribution < -0.4 is 0 Å². The van der Waals surface area contributed by atoms with E-state index < -0.39 is 6.17 Å². The van der Waals surface area contributed by atoms with Gasteiger partial charge < -0.3 is 0 Å². The van der Waals surface area contributed by atoms with Gasteiger partial charge in [0.2, 0.25) is 0 Å². The highest BCUT2D eigenvalue weighted by Crippen LogP contribution is 2.32. The summed E-state index contributed by atoms with van der Waals surface area (Å²) in [7, 11) is 0. The van der Waals surface area contributed by atoms with Crippen LogP contribution in [0.1, 0.15) is 31.7 Å². The molecule has 0 aliphatic heterocycles. The van der Waals surface area contributed by atoms with Crippen LogP contribution in [0.3, 0.4) is 0 Å². The van der Waals surface area contributed by atoms with Crippen LogP contribution in [0.4, 0.5) is 4.39 Å². The number of nitrogens with zero attached hydrogens (tertiary/aromatic N) is 2. The van der Waals surface area contributed by atoms with Gasteiger partial charge in [-0.3, -0.25) is 4.68 Å². The maximum atomic E-state index is 13.5. The molecule has 1 aromatic heterocycles. The first-order chi connectivity index (χ1) is 6.29. The molecule has 1 fully saturated rings. The summed E-state index contributed by atoms with van der Waals surface area (Å²) in [6.45, 7) is 0. The summed E-state index contributed by atoms with van der Waals surface area (Å²) < 4.78 is 16.1. The number of halogens is 2. The lowest BCUT2D eigenvalue weighted by Crippen LogP contribution is -2.25. The van der Waals surface area contributed by atoms with Gasteiger partial charge in [0.05, 0.1) is 12.2 Å². The van der Waals surface area contributed by atoms with Gasteiger partial charge in [-0.2, -0.15) is 5.10 Å². The zero-order valence-corrected chi connectivity index (χ0v) is 8.87. The average Bonchev–Trinajstić information content (AvgIpc) is 2.52. The van der Waals surface area contributed by atoms with Crippen molar-refractivity contribution in [1.82, 2.24) is 9.78 Å². The van der Waals surface area contributed by atoms with Crippen molar-refractivity contribution in [3.05, 3.63) is 16.9 Å². The third-order valence-electron chi connectivity index (χ3n) is 2.58. The summed E-state index contributed by atoms with van der Waals surface area (Å²) in [5.74, 6) is 0. The Bertz CT molecular complexity index is 287. The summed E-state index contributed by atoms with van der Waals surface area (Å²) >= 11 is 3.36. The van der Waals surface area contributed by atoms with Gasteiger partial charge in [0, 0.05) is 0 Å². The highest BCUT2D eigenvalue weighted by Gasteiger charge is 2.27. The Labute approximate surface area is 85.3 Å². The van der Waals surface area contributed by atoms with E-state index in [-0.39, 0.29) is 6.04 Å². The quantitative estimate of drug-likeness (QED) is 0.745. The van der Waals surface area contributed by atoms with E-state index in [1.165, 1.54) is 0 Å². The van der Waals surface area contributed by atoms with E-state index in [2.05, 4.69) is 21.0 Å². The molecule has 1 aliphatic carbocycles. The van der Waals surface area contributed by atoms with Gasteiger partial charge in [-0.15, -0.1) is 0 Å². The maximum absolute atomic E-state index is 13.5. The van der Waals surface area contributed by atoms with Gasteiger partial charge >= 0.3 is 0 Å². The molecule has 13 heavy (non-hydrogen) atoms. The zero-order chi connectivity index (χ0) is 9.26. The van der Waals surface area contributed by atoms with Crippen LogP contribution in [0.2, 0.25) is 0 Å². The fourth-order valence-electron chi connectivity index (χ4n) is 1.88. The van der Waals surface area contributed by atoms with Crippen LogP contribution in [-0.4, -0.2) is 16.0 Å². The highest BCUT2D eigenvalue weighted by molar-refractivity contribution is 9.10. The van der Waals surface area contributed by atoms with Crippen LogP contribution in [0.5, 0.6) is 0 Å². The second kappa shape index (κ2) is 3.78. The Morgan fingerprint density at radius 3 is 2.85 bits per heavy atom. The van der Waals surface area contributed by atoms with Gasteiger partial charge in [-0.25, -0.2) is 4.39 Å². The summed E-state index contributed by atoms with van der Waals surface area (Å²) in [4.78, 5) is 0. The van der Waals surface area contributed by atoms with Crippen molar-refractivity contribution >= 4 is 15.9 Å². The van der Waals surface area contributed by atoms with E-state index in [9.17, 15) is 4.39 Å². The number of rotatable bonds is 1. The molecule has 0 N–H and O–H groups in total. The highest BCUT2D eigenvalue weighted by atomic mass is 79.9. The zero-order valence-electron chi connectivity index (χ0n) is 7.29. The molecule has 2 rings (SSSR count). The van der Waals surface area contributed by atoms with E-state index in [1.807, 2.05) is 6.07 Å². The van der Waals surface area contributed by atoms with Crippen LogP contribution in [0.25, 0.3) is 0 Å². The molecule has 0 bridgehead atoms. The molecule has 0 spiro atoms. The molecule has 1 saturated carbocycles. The van der Waals surface area contributed by atoms with Crippen LogP contribution in [0.15, 0.2) is 16.9 Å². The van der Waals surface area contributed by atoms with Crippen molar-refractivity contribution in [2.24, 2.45) is 0 Å². The number of hydrogen-bond acceptors (Lipinski definition) is 1. The van der Waals surface area contributed by atoms with Gasteiger partial charge in [0.25, 0.3) is 0 Å². The van der Waals surface area contributed by atoms with E-state index >= 15 is 0 Å². The minimum Gasteiger partial charge on any atom is -0.252 e. The molecule has 2 atom stereocenters. The Morgan fingerprint density at radius 1 is 1.46 bits per heavy atom. The van der Waals surface area contributed by atoms with Gasteiger partial charge in [0.1, 0.15) is 10.8 Å². The topological polar surface area (TPSA) is 17.8 Å². The Balaban J connectivity index is 2.19. The van der Waals surface area contributed by atoms with Gasteiger partial charge in [-0.05, 0) is 34.8 Å².